The normalized spacial score (nSPS) is 25.6. The van der Waals surface area contributed by atoms with E-state index in [1.807, 2.05) is 0 Å². The van der Waals surface area contributed by atoms with Crippen molar-refractivity contribution in [3.63, 3.8) is 0 Å². The minimum Gasteiger partial charge on any atom is -0.466 e. The van der Waals surface area contributed by atoms with Crippen molar-refractivity contribution in [2.75, 3.05) is 13.7 Å². The van der Waals surface area contributed by atoms with E-state index in [9.17, 15) is 14.4 Å². The molecule has 2 saturated heterocycles. The molecule has 2 aliphatic rings. The van der Waals surface area contributed by atoms with Crippen LogP contribution < -0.4 is 11.2 Å². The second-order valence-corrected chi connectivity index (χ2v) is 19.9. The van der Waals surface area contributed by atoms with E-state index in [1.54, 1.807) is 0 Å². The third kappa shape index (κ3) is 5.78. The van der Waals surface area contributed by atoms with Gasteiger partial charge in [0.25, 0.3) is 5.56 Å². The Labute approximate surface area is 220 Å². The number of carbonyl (C=O) groups is 1. The first-order valence-electron chi connectivity index (χ1n) is 13.1. The van der Waals surface area contributed by atoms with Crippen LogP contribution in [0.4, 0.5) is 0 Å². The molecule has 1 aromatic heterocycles. The predicted molar refractivity (Wildman–Crippen MR) is 145 cm³/mol. The second-order valence-electron chi connectivity index (χ2n) is 11.1. The van der Waals surface area contributed by atoms with Gasteiger partial charge in [0.2, 0.25) is 0 Å². The monoisotopic (exact) mass is 554 g/mol. The van der Waals surface area contributed by atoms with Gasteiger partial charge < -0.3 is 22.4 Å². The number of ether oxygens (including phenoxy) is 2. The van der Waals surface area contributed by atoms with Gasteiger partial charge >= 0.3 is 28.8 Å². The molecule has 10 nitrogen and oxygen atoms in total. The Morgan fingerprint density at radius 1 is 1.03 bits per heavy atom. The van der Waals surface area contributed by atoms with Crippen LogP contribution in [-0.2, 0) is 27.2 Å². The Bertz CT molecular complexity index is 1090. The zero-order valence-electron chi connectivity index (χ0n) is 23.4. The maximum atomic E-state index is 12.9. The quantitative estimate of drug-likeness (QED) is 0.306. The van der Waals surface area contributed by atoms with Crippen molar-refractivity contribution in [1.29, 1.82) is 0 Å². The fourth-order valence-electron chi connectivity index (χ4n) is 5.46. The smallest absolute Gasteiger partial charge is 0.335 e. The molecule has 208 valence electrons. The Hall–Kier alpha value is -1.84. The first-order chi connectivity index (χ1) is 17.3. The van der Waals surface area contributed by atoms with E-state index in [-0.39, 0.29) is 40.6 Å². The van der Waals surface area contributed by atoms with Crippen molar-refractivity contribution in [1.82, 2.24) is 9.55 Å². The third-order valence-electron chi connectivity index (χ3n) is 7.41. The molecule has 0 aliphatic carbocycles. The summed E-state index contributed by atoms with van der Waals surface area (Å²) < 4.78 is 33.4. The van der Waals surface area contributed by atoms with E-state index in [0.29, 0.717) is 6.42 Å². The first kappa shape index (κ1) is 29.7. The molecule has 12 heteroatoms. The Balaban J connectivity index is 2.07. The van der Waals surface area contributed by atoms with Crippen LogP contribution in [0.2, 0.25) is 22.2 Å². The number of H-pyrrole nitrogens is 1. The lowest BCUT2D eigenvalue weighted by molar-refractivity contribution is -0.134. The molecule has 1 aromatic rings. The molecule has 0 aromatic carbocycles. The molecule has 0 radical (unpaired) electrons. The molecule has 0 bridgehead atoms. The van der Waals surface area contributed by atoms with Gasteiger partial charge in [0.05, 0.1) is 25.5 Å². The average molecular weight is 555 g/mol. The fraction of sp³-hybridized carbons (Fsp3) is 0.720. The minimum atomic E-state index is -2.83. The zero-order valence-corrected chi connectivity index (χ0v) is 25.4. The number of esters is 1. The summed E-state index contributed by atoms with van der Waals surface area (Å²) in [7, 11) is -4.30. The summed E-state index contributed by atoms with van der Waals surface area (Å²) in [6.07, 6.45) is 1.41. The molecular formula is C25H42N2O8Si2. The van der Waals surface area contributed by atoms with Crippen molar-refractivity contribution < 1.29 is 27.2 Å². The van der Waals surface area contributed by atoms with E-state index in [0.717, 1.165) is 6.08 Å². The van der Waals surface area contributed by atoms with Crippen LogP contribution in [0.25, 0.3) is 6.08 Å². The molecule has 0 unspecified atom stereocenters. The predicted octanol–water partition coefficient (Wildman–Crippen LogP) is 3.97. The van der Waals surface area contributed by atoms with Crippen molar-refractivity contribution in [2.24, 2.45) is 0 Å². The highest BCUT2D eigenvalue weighted by molar-refractivity contribution is 6.83. The van der Waals surface area contributed by atoms with Gasteiger partial charge in [-0.25, -0.2) is 9.59 Å². The van der Waals surface area contributed by atoms with E-state index in [2.05, 4.69) is 65.1 Å². The maximum absolute atomic E-state index is 12.9. The number of nitrogens with one attached hydrogen (secondary N) is 1. The largest absolute Gasteiger partial charge is 0.466 e. The van der Waals surface area contributed by atoms with Crippen LogP contribution in [0.1, 0.15) is 73.7 Å². The summed E-state index contributed by atoms with van der Waals surface area (Å²) >= 11 is 0. The summed E-state index contributed by atoms with van der Waals surface area (Å²) in [6.45, 7) is 17.5. The number of nitrogens with zero attached hydrogens (tertiary/aromatic N) is 1. The lowest BCUT2D eigenvalue weighted by Crippen LogP contribution is -2.65. The van der Waals surface area contributed by atoms with Crippen LogP contribution in [-0.4, -0.2) is 58.6 Å². The molecule has 37 heavy (non-hydrogen) atoms. The average Bonchev–Trinajstić information content (AvgIpc) is 3.17. The zero-order chi connectivity index (χ0) is 27.7. The van der Waals surface area contributed by atoms with E-state index in [1.165, 1.54) is 23.8 Å². The van der Waals surface area contributed by atoms with Crippen LogP contribution in [0.3, 0.4) is 0 Å². The number of fused-ring (bicyclic) bond motifs is 1. The molecule has 3 heterocycles. The number of rotatable bonds is 7. The molecular weight excluding hydrogens is 512 g/mol. The van der Waals surface area contributed by atoms with Gasteiger partial charge in [-0.2, -0.15) is 0 Å². The van der Waals surface area contributed by atoms with Gasteiger partial charge in [-0.15, -0.1) is 0 Å². The number of aromatic nitrogens is 2. The summed E-state index contributed by atoms with van der Waals surface area (Å²) in [5, 5.41) is 0. The SMILES string of the molecule is COC(=O)/C=C/c1cc(=O)[nH]c(=O)n1[C@H]1C[C@@H]2O[Si](C(C)C)(C(C)C)O[Si](C(C)C)(C(C)C)OC[C@H]2O1. The molecule has 2 fully saturated rings. The minimum absolute atomic E-state index is 0.160. The Morgan fingerprint density at radius 2 is 1.62 bits per heavy atom. The maximum Gasteiger partial charge on any atom is 0.335 e. The van der Waals surface area contributed by atoms with Crippen molar-refractivity contribution in [2.45, 2.75) is 102 Å². The van der Waals surface area contributed by atoms with Crippen LogP contribution in [0, 0.1) is 0 Å². The van der Waals surface area contributed by atoms with Gasteiger partial charge in [0.1, 0.15) is 12.3 Å². The highest BCUT2D eigenvalue weighted by atomic mass is 28.5. The van der Waals surface area contributed by atoms with Gasteiger partial charge in [-0.05, 0) is 28.2 Å². The van der Waals surface area contributed by atoms with Gasteiger partial charge in [-0.3, -0.25) is 14.3 Å². The molecule has 0 amide bonds. The van der Waals surface area contributed by atoms with Crippen molar-refractivity contribution in [3.8, 4) is 0 Å². The number of hydrogen-bond acceptors (Lipinski definition) is 8. The molecule has 1 N–H and O–H groups in total. The van der Waals surface area contributed by atoms with Gasteiger partial charge in [0, 0.05) is 18.6 Å². The lowest BCUT2D eigenvalue weighted by atomic mass is 10.2. The second kappa shape index (κ2) is 11.5. The van der Waals surface area contributed by atoms with Crippen LogP contribution >= 0.6 is 0 Å². The molecule has 0 spiro atoms. The van der Waals surface area contributed by atoms with Gasteiger partial charge in [0.15, 0.2) is 0 Å². The summed E-state index contributed by atoms with van der Waals surface area (Å²) in [4.78, 5) is 39.0. The third-order valence-corrected chi connectivity index (χ3v) is 17.7. The first-order valence-corrected chi connectivity index (χ1v) is 17.0. The topological polar surface area (TPSA) is 118 Å². The number of aromatic amines is 1. The van der Waals surface area contributed by atoms with Crippen LogP contribution in [0.5, 0.6) is 0 Å². The molecule has 2 aliphatic heterocycles. The van der Waals surface area contributed by atoms with E-state index >= 15 is 0 Å². The van der Waals surface area contributed by atoms with Crippen molar-refractivity contribution >= 4 is 29.2 Å². The standard InChI is InChI=1S/C25H42N2O8Si2/c1-15(2)36(16(3)4)32-14-21-20(34-37(35-36,17(5)6)18(7)8)13-23(33-21)27-19(10-11-24(29)31-9)12-22(28)26-25(27)30/h10-12,15-18,20-21,23H,13-14H2,1-9H3,(H,26,28,30)/b11-10+/t20-,21+,23+/m0/s1. The molecule has 0 saturated carbocycles. The number of methoxy groups -OCH3 is 1. The fourth-order valence-corrected chi connectivity index (χ4v) is 16.7. The summed E-state index contributed by atoms with van der Waals surface area (Å²) in [5.41, 5.74) is -0.242. The molecule has 3 atom stereocenters. The van der Waals surface area contributed by atoms with E-state index in [4.69, 9.17) is 17.7 Å². The van der Waals surface area contributed by atoms with Gasteiger partial charge in [-0.1, -0.05) is 55.4 Å². The van der Waals surface area contributed by atoms with E-state index < -0.39 is 46.7 Å². The summed E-state index contributed by atoms with van der Waals surface area (Å²) in [6, 6.07) is 1.25. The summed E-state index contributed by atoms with van der Waals surface area (Å²) in [5.74, 6) is -0.601. The number of carbonyl (C=O) groups excluding carboxylic acids is 1. The molecule has 3 rings (SSSR count). The Morgan fingerprint density at radius 3 is 2.16 bits per heavy atom. The number of hydrogen-bond donors (Lipinski definition) is 1. The lowest BCUT2D eigenvalue weighted by Gasteiger charge is -2.51. The highest BCUT2D eigenvalue weighted by Gasteiger charge is 2.60. The highest BCUT2D eigenvalue weighted by Crippen LogP contribution is 2.48. The Kier molecular flexibility index (Phi) is 9.24. The van der Waals surface area contributed by atoms with Crippen molar-refractivity contribution in [3.05, 3.63) is 38.7 Å². The van der Waals surface area contributed by atoms with Crippen LogP contribution in [0.15, 0.2) is 21.7 Å².